The fraction of sp³-hybridized carbons (Fsp3) is 0.165. The van der Waals surface area contributed by atoms with Crippen LogP contribution in [0, 0.1) is 59.3 Å². The molecule has 11 heterocycles. The zero-order valence-electron chi connectivity index (χ0n) is 71.8. The summed E-state index contributed by atoms with van der Waals surface area (Å²) in [4.78, 5) is 73.8. The van der Waals surface area contributed by atoms with Crippen molar-refractivity contribution >= 4 is 92.7 Å². The molecule has 26 nitrogen and oxygen atoms in total. The molecule has 0 radical (unpaired) electrons. The van der Waals surface area contributed by atoms with Crippen LogP contribution in [0.1, 0.15) is 84.5 Å². The SMILES string of the molecule is CC1=NCC=C1CNc1ccc(-c2cc(C(F)(F)F)nn2C)c(F)c1.CCn1nc(-c2nccs2)cc1-c1cnc(NC(=O)c2c(F)cccc2F)nc1.Cc1cc(F)c(C(=O)Nc2ccc(-c3cc(C(F)F)nn3C)c(F)c2)c(F)c1.Cn1ccc(Cl)c1C(=O)Nc1ccc(-c2cc(C(F)(F)F)nn2C)c(F)c1.O=C(Nc1ccc(-c2nc3c(cc2Cl)OCCO3)cn1)c1c(F)cccc1F. The second kappa shape index (κ2) is 42.4. The number of hydrogen-bond acceptors (Lipinski definition) is 18. The molecule has 0 bridgehead atoms. The standard InChI is InChI=1S/C19H12ClF2N3O3.C19H14F5N3O.C19H14F2N6OS.C17H13ClF4N4O.C17H16F4N4/c20-11-8-14-19(28-7-6-27-14)25-17(11)10-4-5-15(23-9-10)24-18(26)16-12(21)2-1-3-13(16)22;1-9-5-13(21)17(14(22)6-9)19(28)25-10-3-4-11(12(20)7-10)16-8-15(18(23)24)26-27(16)2;1-2-27-15(8-14(26-27)18-22-6-7-29-18)11-9-23-19(24-10-11)25-17(28)16-12(20)4-3-5-13(16)21;1-25-6-5-11(18)15(25)16(27)23-9-3-4-10(12(19)7-9)13-8-14(17(20,21)22)24-26(13)2;1-10-11(5-6-22-10)9-23-12-3-4-13(14(18)7-12)15-8-16(17(19,20)21)24-25(15)2/h1-5,8-9H,6-7H2,(H,23,24,26);3-8,18H,1-2H3,(H,25,28);3-10H,2H2,1H3,(H,23,24,25,28);3-8H,1-2H3,(H,23,27);3-5,7-8,23H,6,9H2,1-2H3. The lowest BCUT2D eigenvalue weighted by Gasteiger charge is -2.18. The topological polar surface area (TPSA) is 300 Å². The molecule has 9 aromatic heterocycles. The minimum Gasteiger partial charge on any atom is -0.484 e. The number of nitrogens with zero attached hydrogens (tertiary/aromatic N) is 15. The van der Waals surface area contributed by atoms with E-state index >= 15 is 0 Å². The van der Waals surface area contributed by atoms with Gasteiger partial charge in [0.25, 0.3) is 35.9 Å². The molecule has 15 aromatic rings. The van der Waals surface area contributed by atoms with E-state index in [1.54, 1.807) is 48.4 Å². The molecule has 4 amide bonds. The molecule has 17 rings (SSSR count). The van der Waals surface area contributed by atoms with Crippen molar-refractivity contribution in [3.8, 4) is 78.6 Å². The van der Waals surface area contributed by atoms with Crippen molar-refractivity contribution < 1.29 is 103 Å². The average molecular weight is 1960 g/mol. The number of halogens is 19. The predicted molar refractivity (Wildman–Crippen MR) is 475 cm³/mol. The zero-order chi connectivity index (χ0) is 98.8. The lowest BCUT2D eigenvalue weighted by Crippen LogP contribution is -2.17. The van der Waals surface area contributed by atoms with Gasteiger partial charge in [0.1, 0.15) is 110 Å². The first-order chi connectivity index (χ1) is 65.1. The normalized spacial score (nSPS) is 12.1. The van der Waals surface area contributed by atoms with Crippen molar-refractivity contribution in [2.24, 2.45) is 33.2 Å². The fourth-order valence-electron chi connectivity index (χ4n) is 13.4. The van der Waals surface area contributed by atoms with E-state index in [1.807, 2.05) is 31.4 Å². The highest BCUT2D eigenvalue weighted by Crippen LogP contribution is 2.40. The second-order valence-electron chi connectivity index (χ2n) is 29.4. The van der Waals surface area contributed by atoms with E-state index < -0.39 is 129 Å². The molecule has 0 fully saturated rings. The van der Waals surface area contributed by atoms with Gasteiger partial charge in [-0.15, -0.1) is 11.3 Å². The minimum absolute atomic E-state index is 0.0207. The summed E-state index contributed by atoms with van der Waals surface area (Å²) >= 11 is 13.7. The van der Waals surface area contributed by atoms with Crippen LogP contribution in [0.3, 0.4) is 0 Å². The molecule has 0 unspecified atom stereocenters. The van der Waals surface area contributed by atoms with Gasteiger partial charge in [0.05, 0.1) is 45.1 Å². The highest BCUT2D eigenvalue weighted by atomic mass is 35.5. The Hall–Kier alpha value is -15.5. The zero-order valence-corrected chi connectivity index (χ0v) is 74.2. The van der Waals surface area contributed by atoms with Crippen LogP contribution < -0.4 is 36.1 Å². The summed E-state index contributed by atoms with van der Waals surface area (Å²) in [6, 6.07) is 30.6. The molecule has 0 saturated carbocycles. The number of amides is 4. The maximum atomic E-state index is 14.5. The Bertz CT molecular complexity index is 7020. The number of carbonyl (C=O) groups excluding carboxylic acids is 4. The molecule has 0 saturated heterocycles. The van der Waals surface area contributed by atoms with Crippen LogP contribution in [-0.2, 0) is 47.1 Å². The van der Waals surface area contributed by atoms with E-state index in [4.69, 9.17) is 32.7 Å². The Morgan fingerprint density at radius 2 is 1.02 bits per heavy atom. The third-order valence-electron chi connectivity index (χ3n) is 20.0. The number of aromatic nitrogens is 14. The summed E-state index contributed by atoms with van der Waals surface area (Å²) in [6.45, 7) is 7.94. The number of alkyl halides is 8. The molecule has 137 heavy (non-hydrogen) atoms. The number of aryl methyl sites for hydroxylation is 6. The molecule has 708 valence electrons. The van der Waals surface area contributed by atoms with Crippen molar-refractivity contribution in [3.63, 3.8) is 0 Å². The number of ether oxygens (including phenoxy) is 2. The van der Waals surface area contributed by atoms with Crippen molar-refractivity contribution in [1.29, 1.82) is 0 Å². The molecule has 46 heteroatoms. The Balaban J connectivity index is 0.000000145. The minimum atomic E-state index is -4.63. The quantitative estimate of drug-likeness (QED) is 0.0470. The first-order valence-corrected chi connectivity index (χ1v) is 41.7. The number of aliphatic imine (C=N–C) groups is 1. The molecule has 5 N–H and O–H groups in total. The van der Waals surface area contributed by atoms with Gasteiger partial charge in [-0.2, -0.15) is 46.7 Å². The maximum absolute atomic E-state index is 14.5. The Labute approximate surface area is 778 Å². The second-order valence-corrected chi connectivity index (χ2v) is 31.1. The van der Waals surface area contributed by atoms with Crippen LogP contribution in [0.5, 0.6) is 11.6 Å². The van der Waals surface area contributed by atoms with Crippen molar-refractivity contribution in [3.05, 3.63) is 307 Å². The third-order valence-corrected chi connectivity index (χ3v) is 21.4. The highest BCUT2D eigenvalue weighted by molar-refractivity contribution is 7.13. The van der Waals surface area contributed by atoms with Crippen LogP contribution >= 0.6 is 34.5 Å². The average Bonchev–Trinajstić information content (AvgIpc) is 1.65. The van der Waals surface area contributed by atoms with E-state index in [2.05, 4.69) is 76.9 Å². The van der Waals surface area contributed by atoms with Crippen LogP contribution in [0.2, 0.25) is 10.0 Å². The van der Waals surface area contributed by atoms with Gasteiger partial charge in [0, 0.05) is 134 Å². The molecule has 6 aromatic carbocycles. The van der Waals surface area contributed by atoms with E-state index in [9.17, 15) is 93.8 Å². The van der Waals surface area contributed by atoms with E-state index in [1.165, 1.54) is 117 Å². The number of fused-ring (bicyclic) bond motifs is 1. The maximum Gasteiger partial charge on any atom is 0.435 e. The number of benzene rings is 6. The summed E-state index contributed by atoms with van der Waals surface area (Å²) < 4.78 is 245. The third kappa shape index (κ3) is 23.7. The summed E-state index contributed by atoms with van der Waals surface area (Å²) in [5, 5.41) is 30.6. The van der Waals surface area contributed by atoms with Crippen LogP contribution in [0.15, 0.2) is 205 Å². The molecule has 2 aliphatic rings. The smallest absolute Gasteiger partial charge is 0.435 e. The Morgan fingerprint density at radius 3 is 1.50 bits per heavy atom. The van der Waals surface area contributed by atoms with Gasteiger partial charge in [-0.25, -0.2) is 73.2 Å². The molecule has 0 spiro atoms. The van der Waals surface area contributed by atoms with E-state index in [0.717, 1.165) is 108 Å². The number of anilines is 5. The van der Waals surface area contributed by atoms with Crippen molar-refractivity contribution in [1.82, 2.24) is 68.6 Å². The number of thiazole rings is 1. The molecular weight excluding hydrogens is 1900 g/mol. The van der Waals surface area contributed by atoms with E-state index in [-0.39, 0.29) is 67.6 Å². The molecule has 0 atom stereocenters. The summed E-state index contributed by atoms with van der Waals surface area (Å²) in [5.74, 6) is -10.8. The van der Waals surface area contributed by atoms with Crippen LogP contribution in [0.25, 0.3) is 67.0 Å². The number of rotatable bonds is 19. The number of nitrogens with one attached hydrogen (secondary N) is 5. The lowest BCUT2D eigenvalue weighted by atomic mass is 10.1. The number of hydrogen-bond donors (Lipinski definition) is 5. The molecule has 0 aliphatic carbocycles. The van der Waals surface area contributed by atoms with Gasteiger partial charge in [0.2, 0.25) is 5.95 Å². The lowest BCUT2D eigenvalue weighted by molar-refractivity contribution is -0.142. The molecule has 2 aliphatic heterocycles. The van der Waals surface area contributed by atoms with Crippen molar-refractivity contribution in [2.75, 3.05) is 52.9 Å². The van der Waals surface area contributed by atoms with Gasteiger partial charge in [0.15, 0.2) is 17.1 Å². The number of pyridine rings is 2. The highest BCUT2D eigenvalue weighted by Gasteiger charge is 2.37. The summed E-state index contributed by atoms with van der Waals surface area (Å²) in [7, 11) is 5.66. The van der Waals surface area contributed by atoms with Crippen LogP contribution in [-0.4, -0.2) is 124 Å². The van der Waals surface area contributed by atoms with Crippen LogP contribution in [0.4, 0.5) is 103 Å². The monoisotopic (exact) mass is 1960 g/mol. The van der Waals surface area contributed by atoms with Gasteiger partial charge in [-0.3, -0.25) is 48.2 Å². The van der Waals surface area contributed by atoms with E-state index in [0.29, 0.717) is 77.6 Å². The Kier molecular flexibility index (Phi) is 30.6. The predicted octanol–water partition coefficient (Wildman–Crippen LogP) is 21.7. The fourth-order valence-corrected chi connectivity index (χ4v) is 14.5. The largest absolute Gasteiger partial charge is 0.484 e. The van der Waals surface area contributed by atoms with Gasteiger partial charge in [-0.05, 0) is 165 Å². The first-order valence-electron chi connectivity index (χ1n) is 40.1. The molecular formula is C91H69Cl2F17N20O6S. The van der Waals surface area contributed by atoms with Gasteiger partial charge >= 0.3 is 12.4 Å². The first kappa shape index (κ1) is 99.0. The van der Waals surface area contributed by atoms with Gasteiger partial charge < -0.3 is 35.3 Å². The summed E-state index contributed by atoms with van der Waals surface area (Å²) in [5.41, 5.74) is 1.62. The van der Waals surface area contributed by atoms with Crippen molar-refractivity contribution in [2.45, 2.75) is 46.1 Å². The summed E-state index contributed by atoms with van der Waals surface area (Å²) in [6.07, 6.45) is -2.26. The Morgan fingerprint density at radius 1 is 0.511 bits per heavy atom. The number of carbonyl (C=O) groups is 4. The van der Waals surface area contributed by atoms with Gasteiger partial charge in [-0.1, -0.05) is 41.4 Å².